The molecular weight excluding hydrogens is 350 g/mol. The number of piperidine rings is 1. The molecule has 0 bridgehead atoms. The van der Waals surface area contributed by atoms with Crippen molar-refractivity contribution in [2.45, 2.75) is 25.3 Å². The Kier molecular flexibility index (Phi) is 4.86. The van der Waals surface area contributed by atoms with Gasteiger partial charge in [-0.25, -0.2) is 19.0 Å². The van der Waals surface area contributed by atoms with E-state index in [9.17, 15) is 4.79 Å². The summed E-state index contributed by atoms with van der Waals surface area (Å²) in [6.07, 6.45) is 2.10. The third kappa shape index (κ3) is 3.43. The molecule has 0 aliphatic carbocycles. The molecule has 0 radical (unpaired) electrons. The van der Waals surface area contributed by atoms with Gasteiger partial charge in [-0.05, 0) is 43.7 Å². The molecule has 3 aromatic rings. The summed E-state index contributed by atoms with van der Waals surface area (Å²) in [4.78, 5) is 17.4. The molecule has 0 amide bonds. The molecule has 4 rings (SSSR count). The van der Waals surface area contributed by atoms with Gasteiger partial charge in [0.25, 0.3) is 0 Å². The fourth-order valence-electron chi connectivity index (χ4n) is 3.38. The van der Waals surface area contributed by atoms with Gasteiger partial charge in [-0.2, -0.15) is 5.10 Å². The predicted molar refractivity (Wildman–Crippen MR) is 101 cm³/mol. The predicted octanol–water partition coefficient (Wildman–Crippen LogP) is 2.60. The Morgan fingerprint density at radius 2 is 2.00 bits per heavy atom. The van der Waals surface area contributed by atoms with Crippen LogP contribution in [0.1, 0.15) is 30.3 Å². The van der Waals surface area contributed by atoms with Gasteiger partial charge in [0.15, 0.2) is 0 Å². The van der Waals surface area contributed by atoms with E-state index in [1.165, 1.54) is 4.68 Å². The van der Waals surface area contributed by atoms with Gasteiger partial charge in [0.1, 0.15) is 11.0 Å². The lowest BCUT2D eigenvalue weighted by atomic mass is 9.99. The molecule has 1 atom stereocenters. The first-order chi connectivity index (χ1) is 12.7. The Balaban J connectivity index is 1.78. The van der Waals surface area contributed by atoms with Crippen LogP contribution in [0.25, 0.3) is 5.69 Å². The van der Waals surface area contributed by atoms with Gasteiger partial charge in [0, 0.05) is 12.5 Å². The van der Waals surface area contributed by atoms with Gasteiger partial charge in [-0.3, -0.25) is 0 Å². The number of pyridine rings is 1. The summed E-state index contributed by atoms with van der Waals surface area (Å²) in [6.45, 7) is 2.14. The molecule has 2 aromatic heterocycles. The molecule has 1 fully saturated rings. The lowest BCUT2D eigenvalue weighted by Crippen LogP contribution is -2.31. The largest absolute Gasteiger partial charge is 0.350 e. The third-order valence-electron chi connectivity index (χ3n) is 4.63. The van der Waals surface area contributed by atoms with Gasteiger partial charge in [0.2, 0.25) is 0 Å². The minimum atomic E-state index is -0.154. The van der Waals surface area contributed by atoms with Crippen LogP contribution in [0, 0.1) is 0 Å². The van der Waals surface area contributed by atoms with E-state index in [2.05, 4.69) is 15.4 Å². The van der Waals surface area contributed by atoms with E-state index in [1.807, 2.05) is 42.5 Å². The average Bonchev–Trinajstić information content (AvgIpc) is 2.99. The highest BCUT2D eigenvalue weighted by atomic mass is 35.5. The van der Waals surface area contributed by atoms with E-state index < -0.39 is 0 Å². The second-order valence-corrected chi connectivity index (χ2v) is 6.85. The standard InChI is InChI=1S/C19H20ClN5O/c20-17-10-4-7-15(22-17)13-24-19(26)25(16-8-2-1-3-9-16)18(23-24)14-6-5-11-21-12-14/h1-4,7-10,14,21H,5-6,11-13H2. The smallest absolute Gasteiger partial charge is 0.316 e. The Labute approximate surface area is 156 Å². The van der Waals surface area contributed by atoms with Crippen molar-refractivity contribution in [1.29, 1.82) is 0 Å². The Bertz CT molecular complexity index is 944. The van der Waals surface area contributed by atoms with Crippen molar-refractivity contribution in [2.24, 2.45) is 0 Å². The summed E-state index contributed by atoms with van der Waals surface area (Å²) in [6, 6.07) is 15.1. The fraction of sp³-hybridized carbons (Fsp3) is 0.316. The number of hydrogen-bond donors (Lipinski definition) is 1. The summed E-state index contributed by atoms with van der Waals surface area (Å²) in [5, 5.41) is 8.49. The van der Waals surface area contributed by atoms with Crippen LogP contribution < -0.4 is 11.0 Å². The SMILES string of the molecule is O=c1n(Cc2cccc(Cl)n2)nc(C2CCCNC2)n1-c1ccccc1. The van der Waals surface area contributed by atoms with Gasteiger partial charge >= 0.3 is 5.69 Å². The fourth-order valence-corrected chi connectivity index (χ4v) is 3.56. The number of nitrogens with one attached hydrogen (secondary N) is 1. The molecule has 0 saturated carbocycles. The number of hydrogen-bond acceptors (Lipinski definition) is 4. The third-order valence-corrected chi connectivity index (χ3v) is 4.84. The van der Waals surface area contributed by atoms with Crippen LogP contribution in [-0.2, 0) is 6.54 Å². The second-order valence-electron chi connectivity index (χ2n) is 6.46. The maximum absolute atomic E-state index is 13.1. The molecule has 26 heavy (non-hydrogen) atoms. The molecule has 7 heteroatoms. The van der Waals surface area contributed by atoms with E-state index in [0.29, 0.717) is 17.4 Å². The number of halogens is 1. The number of para-hydroxylation sites is 1. The first-order valence-electron chi connectivity index (χ1n) is 8.80. The molecule has 1 saturated heterocycles. The Hall–Kier alpha value is -2.44. The number of rotatable bonds is 4. The van der Waals surface area contributed by atoms with E-state index in [4.69, 9.17) is 11.6 Å². The first-order valence-corrected chi connectivity index (χ1v) is 9.17. The lowest BCUT2D eigenvalue weighted by molar-refractivity contribution is 0.439. The van der Waals surface area contributed by atoms with Crippen molar-refractivity contribution in [2.75, 3.05) is 13.1 Å². The topological polar surface area (TPSA) is 64.7 Å². The highest BCUT2D eigenvalue weighted by Crippen LogP contribution is 2.23. The molecule has 3 heterocycles. The Morgan fingerprint density at radius 1 is 1.15 bits per heavy atom. The number of benzene rings is 1. The number of aromatic nitrogens is 4. The van der Waals surface area contributed by atoms with Gasteiger partial charge < -0.3 is 5.32 Å². The van der Waals surface area contributed by atoms with Crippen LogP contribution in [0.4, 0.5) is 0 Å². The van der Waals surface area contributed by atoms with E-state index in [1.54, 1.807) is 10.6 Å². The minimum Gasteiger partial charge on any atom is -0.316 e. The van der Waals surface area contributed by atoms with Crippen LogP contribution >= 0.6 is 11.6 Å². The van der Waals surface area contributed by atoms with Crippen molar-refractivity contribution in [1.82, 2.24) is 24.6 Å². The quantitative estimate of drug-likeness (QED) is 0.718. The van der Waals surface area contributed by atoms with Gasteiger partial charge in [-0.1, -0.05) is 35.9 Å². The molecule has 1 aromatic carbocycles. The average molecular weight is 370 g/mol. The lowest BCUT2D eigenvalue weighted by Gasteiger charge is -2.22. The van der Waals surface area contributed by atoms with E-state index in [-0.39, 0.29) is 11.6 Å². The van der Waals surface area contributed by atoms with Crippen molar-refractivity contribution in [3.05, 3.63) is 75.7 Å². The second kappa shape index (κ2) is 7.43. The Morgan fingerprint density at radius 3 is 2.73 bits per heavy atom. The zero-order chi connectivity index (χ0) is 17.9. The number of nitrogens with zero attached hydrogens (tertiary/aromatic N) is 4. The summed E-state index contributed by atoms with van der Waals surface area (Å²) in [5.74, 6) is 1.01. The maximum Gasteiger partial charge on any atom is 0.350 e. The first kappa shape index (κ1) is 17.0. The molecule has 1 unspecified atom stereocenters. The summed E-state index contributed by atoms with van der Waals surface area (Å²) in [7, 11) is 0. The monoisotopic (exact) mass is 369 g/mol. The molecule has 6 nitrogen and oxygen atoms in total. The summed E-state index contributed by atoms with van der Waals surface area (Å²) < 4.78 is 3.21. The van der Waals surface area contributed by atoms with Crippen LogP contribution in [0.15, 0.2) is 53.3 Å². The zero-order valence-electron chi connectivity index (χ0n) is 14.3. The van der Waals surface area contributed by atoms with Gasteiger partial charge in [0.05, 0.1) is 17.9 Å². The highest BCUT2D eigenvalue weighted by Gasteiger charge is 2.24. The van der Waals surface area contributed by atoms with Gasteiger partial charge in [-0.15, -0.1) is 0 Å². The van der Waals surface area contributed by atoms with Crippen LogP contribution in [0.5, 0.6) is 0 Å². The molecule has 1 N–H and O–H groups in total. The molecule has 134 valence electrons. The maximum atomic E-state index is 13.1. The van der Waals surface area contributed by atoms with Crippen LogP contribution in [-0.4, -0.2) is 32.4 Å². The summed E-state index contributed by atoms with van der Waals surface area (Å²) in [5.41, 5.74) is 1.40. The van der Waals surface area contributed by atoms with Crippen molar-refractivity contribution in [3.63, 3.8) is 0 Å². The van der Waals surface area contributed by atoms with Crippen molar-refractivity contribution < 1.29 is 0 Å². The molecule has 1 aliphatic rings. The van der Waals surface area contributed by atoms with E-state index in [0.717, 1.165) is 37.4 Å². The minimum absolute atomic E-state index is 0.154. The molecule has 0 spiro atoms. The molecule has 1 aliphatic heterocycles. The summed E-state index contributed by atoms with van der Waals surface area (Å²) >= 11 is 5.97. The van der Waals surface area contributed by atoms with Crippen LogP contribution in [0.2, 0.25) is 5.15 Å². The highest BCUT2D eigenvalue weighted by molar-refractivity contribution is 6.29. The normalized spacial score (nSPS) is 17.3. The molecular formula is C19H20ClN5O. The van der Waals surface area contributed by atoms with E-state index >= 15 is 0 Å². The van der Waals surface area contributed by atoms with Crippen molar-refractivity contribution in [3.8, 4) is 5.69 Å². The van der Waals surface area contributed by atoms with Crippen LogP contribution in [0.3, 0.4) is 0 Å². The zero-order valence-corrected chi connectivity index (χ0v) is 15.1. The van der Waals surface area contributed by atoms with Crippen molar-refractivity contribution >= 4 is 11.6 Å².